The van der Waals surface area contributed by atoms with E-state index in [9.17, 15) is 4.79 Å². The molecule has 2 aromatic carbocycles. The van der Waals surface area contributed by atoms with E-state index in [1.54, 1.807) is 19.2 Å². The Morgan fingerprint density at radius 1 is 1.16 bits per heavy atom. The summed E-state index contributed by atoms with van der Waals surface area (Å²) >= 11 is 0. The highest BCUT2D eigenvalue weighted by Crippen LogP contribution is 2.32. The molecule has 0 bridgehead atoms. The maximum Gasteiger partial charge on any atom is 0.255 e. The summed E-state index contributed by atoms with van der Waals surface area (Å²) in [5.41, 5.74) is 3.29. The molecule has 0 spiro atoms. The third kappa shape index (κ3) is 4.40. The van der Waals surface area contributed by atoms with Crippen molar-refractivity contribution in [2.45, 2.75) is 31.8 Å². The van der Waals surface area contributed by atoms with Crippen molar-refractivity contribution in [3.05, 3.63) is 65.2 Å². The highest BCUT2D eigenvalue weighted by atomic mass is 16.5. The zero-order valence-corrected chi connectivity index (χ0v) is 14.7. The number of hydrogen-bond acceptors (Lipinski definition) is 3. The number of amides is 1. The number of carbonyl (C=O) groups is 1. The normalized spacial score (nSPS) is 16.1. The van der Waals surface area contributed by atoms with Crippen molar-refractivity contribution in [3.63, 3.8) is 0 Å². The summed E-state index contributed by atoms with van der Waals surface area (Å²) in [7, 11) is 1.57. The molecular formula is C21H25NO3. The summed E-state index contributed by atoms with van der Waals surface area (Å²) in [6.45, 7) is 1.23. The molecule has 4 heteroatoms. The van der Waals surface area contributed by atoms with E-state index in [0.717, 1.165) is 19.3 Å². The van der Waals surface area contributed by atoms with Crippen LogP contribution in [0.5, 0.6) is 5.75 Å². The van der Waals surface area contributed by atoms with Crippen molar-refractivity contribution >= 4 is 5.91 Å². The number of aryl methyl sites for hydroxylation is 1. The molecule has 1 atom stereocenters. The van der Waals surface area contributed by atoms with Gasteiger partial charge < -0.3 is 14.8 Å². The molecule has 132 valence electrons. The molecule has 3 rings (SSSR count). The molecule has 0 saturated carbocycles. The van der Waals surface area contributed by atoms with Gasteiger partial charge in [0, 0.05) is 13.2 Å². The number of methoxy groups -OCH3 is 1. The molecule has 2 aromatic rings. The summed E-state index contributed by atoms with van der Waals surface area (Å²) in [5.74, 6) is 0.482. The fraction of sp³-hybridized carbons (Fsp3) is 0.381. The largest absolute Gasteiger partial charge is 0.496 e. The van der Waals surface area contributed by atoms with Crippen LogP contribution in [0.2, 0.25) is 0 Å². The van der Waals surface area contributed by atoms with E-state index in [1.165, 1.54) is 17.5 Å². The lowest BCUT2D eigenvalue weighted by atomic mass is 9.89. The van der Waals surface area contributed by atoms with E-state index < -0.39 is 0 Å². The highest BCUT2D eigenvalue weighted by molar-refractivity contribution is 5.96. The second-order valence-electron chi connectivity index (χ2n) is 6.26. The summed E-state index contributed by atoms with van der Waals surface area (Å²) in [5, 5.41) is 2.93. The highest BCUT2D eigenvalue weighted by Gasteiger charge is 2.19. The predicted octanol–water partition coefficient (Wildman–Crippen LogP) is 3.91. The third-order valence-corrected chi connectivity index (χ3v) is 4.59. The first-order valence-corrected chi connectivity index (χ1v) is 8.90. The lowest BCUT2D eigenvalue weighted by Crippen LogP contribution is -2.26. The average Bonchev–Trinajstić information content (AvgIpc) is 2.67. The van der Waals surface area contributed by atoms with E-state index in [0.29, 0.717) is 24.5 Å². The maximum atomic E-state index is 12.2. The second kappa shape index (κ2) is 8.67. The van der Waals surface area contributed by atoms with Gasteiger partial charge in [-0.1, -0.05) is 36.4 Å². The lowest BCUT2D eigenvalue weighted by molar-refractivity contribution is 0.0393. The molecule has 0 heterocycles. The van der Waals surface area contributed by atoms with E-state index in [2.05, 4.69) is 29.6 Å². The zero-order chi connectivity index (χ0) is 17.5. The van der Waals surface area contributed by atoms with Crippen LogP contribution in [0.25, 0.3) is 0 Å². The molecule has 0 radical (unpaired) electrons. The van der Waals surface area contributed by atoms with E-state index in [4.69, 9.17) is 9.47 Å². The summed E-state index contributed by atoms with van der Waals surface area (Å²) in [6, 6.07) is 15.8. The Bertz CT molecular complexity index is 714. The number of benzene rings is 2. The summed E-state index contributed by atoms with van der Waals surface area (Å²) < 4.78 is 11.3. The van der Waals surface area contributed by atoms with Crippen molar-refractivity contribution in [2.24, 2.45) is 0 Å². The first kappa shape index (κ1) is 17.5. The molecule has 4 nitrogen and oxygen atoms in total. The van der Waals surface area contributed by atoms with Crippen LogP contribution in [0.15, 0.2) is 48.5 Å². The van der Waals surface area contributed by atoms with Gasteiger partial charge in [-0.3, -0.25) is 4.79 Å². The Balaban J connectivity index is 1.43. The molecule has 0 fully saturated rings. The van der Waals surface area contributed by atoms with E-state index >= 15 is 0 Å². The number of rotatable bonds is 7. The fourth-order valence-corrected chi connectivity index (χ4v) is 3.31. The van der Waals surface area contributed by atoms with Crippen molar-refractivity contribution in [2.75, 3.05) is 20.3 Å². The van der Waals surface area contributed by atoms with Crippen LogP contribution in [0, 0.1) is 0 Å². The van der Waals surface area contributed by atoms with Gasteiger partial charge in [-0.05, 0) is 48.9 Å². The first-order valence-electron chi connectivity index (χ1n) is 8.90. The molecule has 1 aliphatic carbocycles. The van der Waals surface area contributed by atoms with Gasteiger partial charge in [0.05, 0.1) is 18.8 Å². The minimum atomic E-state index is -0.111. The fourth-order valence-electron chi connectivity index (χ4n) is 3.31. The lowest BCUT2D eigenvalue weighted by Gasteiger charge is -2.25. The van der Waals surface area contributed by atoms with Crippen LogP contribution in [0.3, 0.4) is 0 Å². The van der Waals surface area contributed by atoms with Crippen molar-refractivity contribution in [3.8, 4) is 5.75 Å². The quantitative estimate of drug-likeness (QED) is 0.778. The van der Waals surface area contributed by atoms with Gasteiger partial charge in [0.1, 0.15) is 5.75 Å². The van der Waals surface area contributed by atoms with Gasteiger partial charge in [-0.2, -0.15) is 0 Å². The number of fused-ring (bicyclic) bond motifs is 1. The van der Waals surface area contributed by atoms with Crippen LogP contribution < -0.4 is 10.1 Å². The van der Waals surface area contributed by atoms with Crippen LogP contribution in [0.1, 0.15) is 46.9 Å². The van der Waals surface area contributed by atoms with Crippen molar-refractivity contribution in [1.29, 1.82) is 0 Å². The zero-order valence-electron chi connectivity index (χ0n) is 14.7. The minimum absolute atomic E-state index is 0.111. The van der Waals surface area contributed by atoms with Gasteiger partial charge in [0.2, 0.25) is 0 Å². The first-order chi connectivity index (χ1) is 12.3. The van der Waals surface area contributed by atoms with Crippen LogP contribution in [0.4, 0.5) is 0 Å². The van der Waals surface area contributed by atoms with Crippen molar-refractivity contribution in [1.82, 2.24) is 5.32 Å². The molecule has 0 aromatic heterocycles. The molecule has 1 amide bonds. The third-order valence-electron chi connectivity index (χ3n) is 4.59. The van der Waals surface area contributed by atoms with Gasteiger partial charge in [-0.15, -0.1) is 0 Å². The molecule has 1 unspecified atom stereocenters. The van der Waals surface area contributed by atoms with Gasteiger partial charge in [-0.25, -0.2) is 0 Å². The number of para-hydroxylation sites is 1. The van der Waals surface area contributed by atoms with Gasteiger partial charge in [0.15, 0.2) is 0 Å². The molecule has 1 N–H and O–H groups in total. The number of carbonyl (C=O) groups excluding carboxylic acids is 1. The Kier molecular flexibility index (Phi) is 6.07. The van der Waals surface area contributed by atoms with Crippen LogP contribution in [-0.4, -0.2) is 26.2 Å². The van der Waals surface area contributed by atoms with Gasteiger partial charge >= 0.3 is 0 Å². The van der Waals surface area contributed by atoms with Crippen LogP contribution >= 0.6 is 0 Å². The standard InChI is InChI=1S/C21H25NO3/c1-24-19-12-5-4-11-18(19)21(23)22-14-7-15-25-20-13-6-9-16-8-2-3-10-17(16)20/h2-5,8,10-12,20H,6-7,9,13-15H2,1H3,(H,22,23). The molecular weight excluding hydrogens is 314 g/mol. The minimum Gasteiger partial charge on any atom is -0.496 e. The smallest absolute Gasteiger partial charge is 0.255 e. The Morgan fingerprint density at radius 3 is 2.84 bits per heavy atom. The molecule has 0 aliphatic heterocycles. The predicted molar refractivity (Wildman–Crippen MR) is 98.0 cm³/mol. The van der Waals surface area contributed by atoms with E-state index in [1.807, 2.05) is 12.1 Å². The van der Waals surface area contributed by atoms with E-state index in [-0.39, 0.29) is 12.0 Å². The summed E-state index contributed by atoms with van der Waals surface area (Å²) in [6.07, 6.45) is 4.37. The number of nitrogens with one attached hydrogen (secondary N) is 1. The number of ether oxygens (including phenoxy) is 2. The average molecular weight is 339 g/mol. The molecule has 25 heavy (non-hydrogen) atoms. The topological polar surface area (TPSA) is 47.6 Å². The summed E-state index contributed by atoms with van der Waals surface area (Å²) in [4.78, 5) is 12.2. The second-order valence-corrected chi connectivity index (χ2v) is 6.26. The molecule has 0 saturated heterocycles. The Morgan fingerprint density at radius 2 is 1.96 bits per heavy atom. The Hall–Kier alpha value is -2.33. The molecule has 1 aliphatic rings. The van der Waals surface area contributed by atoms with Crippen LogP contribution in [-0.2, 0) is 11.2 Å². The number of hydrogen-bond donors (Lipinski definition) is 1. The van der Waals surface area contributed by atoms with Gasteiger partial charge in [0.25, 0.3) is 5.91 Å². The van der Waals surface area contributed by atoms with Crippen molar-refractivity contribution < 1.29 is 14.3 Å². The Labute approximate surface area is 149 Å². The maximum absolute atomic E-state index is 12.2. The SMILES string of the molecule is COc1ccccc1C(=O)NCCCOC1CCCc2ccccc21. The monoisotopic (exact) mass is 339 g/mol.